The van der Waals surface area contributed by atoms with Crippen LogP contribution < -0.4 is 14.4 Å². The van der Waals surface area contributed by atoms with Crippen molar-refractivity contribution in [2.75, 3.05) is 25.1 Å². The van der Waals surface area contributed by atoms with Crippen molar-refractivity contribution >= 4 is 28.5 Å². The molecule has 2 heterocycles. The molecule has 0 unspecified atom stereocenters. The molecule has 0 radical (unpaired) electrons. The van der Waals surface area contributed by atoms with Crippen LogP contribution in [0, 0.1) is 25.5 Å². The minimum Gasteiger partial charge on any atom is -0.489 e. The lowest BCUT2D eigenvalue weighted by Gasteiger charge is -2.33. The Morgan fingerprint density at radius 1 is 1.05 bits per heavy atom. The number of anilines is 1. The van der Waals surface area contributed by atoms with E-state index >= 15 is 0 Å². The van der Waals surface area contributed by atoms with Crippen molar-refractivity contribution < 1.29 is 33.0 Å². The van der Waals surface area contributed by atoms with E-state index in [0.29, 0.717) is 51.5 Å². The van der Waals surface area contributed by atoms with Gasteiger partial charge >= 0.3 is 5.97 Å². The molecule has 1 aliphatic rings. The molecule has 0 aliphatic carbocycles. The highest BCUT2D eigenvalue weighted by Crippen LogP contribution is 2.34. The number of likely N-dealkylation sites (N-methyl/N-ethyl adjacent to an activating group) is 1. The second kappa shape index (κ2) is 9.81. The SMILES string of the molecule is Cc1cc(C(=O)n2c(C)c(CC(=O)O)c3cc(F)ccc32)ccc1OC[C@@H]1CN(C)c2cc(F)ccc2O1. The topological polar surface area (TPSA) is 81.0 Å². The van der Waals surface area contributed by atoms with Crippen molar-refractivity contribution in [1.29, 1.82) is 0 Å². The van der Waals surface area contributed by atoms with Crippen LogP contribution in [0.25, 0.3) is 10.9 Å². The summed E-state index contributed by atoms with van der Waals surface area (Å²) in [6.07, 6.45) is -0.601. The monoisotopic (exact) mass is 520 g/mol. The van der Waals surface area contributed by atoms with Crippen LogP contribution in [-0.2, 0) is 11.2 Å². The van der Waals surface area contributed by atoms with Crippen molar-refractivity contribution in [3.8, 4) is 11.5 Å². The van der Waals surface area contributed by atoms with Crippen LogP contribution in [-0.4, -0.2) is 47.9 Å². The zero-order valence-corrected chi connectivity index (χ0v) is 21.1. The number of carboxylic acid groups (broad SMARTS) is 1. The molecule has 0 fully saturated rings. The smallest absolute Gasteiger partial charge is 0.307 e. The van der Waals surface area contributed by atoms with Gasteiger partial charge in [0.1, 0.15) is 35.8 Å². The molecular formula is C29H26F2N2O5. The molecule has 0 bridgehead atoms. The number of ether oxygens (including phenoxy) is 2. The van der Waals surface area contributed by atoms with Crippen LogP contribution in [0.3, 0.4) is 0 Å². The van der Waals surface area contributed by atoms with Gasteiger partial charge in [0.05, 0.1) is 24.2 Å². The van der Waals surface area contributed by atoms with Crippen LogP contribution in [0.2, 0.25) is 0 Å². The molecule has 9 heteroatoms. The Kier molecular flexibility index (Phi) is 6.52. The number of aryl methyl sites for hydroxylation is 1. The van der Waals surface area contributed by atoms with E-state index in [9.17, 15) is 23.5 Å². The van der Waals surface area contributed by atoms with Gasteiger partial charge in [0.25, 0.3) is 5.91 Å². The highest BCUT2D eigenvalue weighted by atomic mass is 19.1. The molecule has 4 aromatic rings. The van der Waals surface area contributed by atoms with E-state index in [-0.39, 0.29) is 30.9 Å². The number of hydrogen-bond acceptors (Lipinski definition) is 5. The van der Waals surface area contributed by atoms with Crippen LogP contribution in [0.15, 0.2) is 54.6 Å². The number of fused-ring (bicyclic) bond motifs is 2. The molecule has 3 aromatic carbocycles. The summed E-state index contributed by atoms with van der Waals surface area (Å²) >= 11 is 0. The first kappa shape index (κ1) is 25.3. The van der Waals surface area contributed by atoms with Crippen molar-refractivity contribution in [3.05, 3.63) is 88.6 Å². The molecule has 1 aromatic heterocycles. The quantitative estimate of drug-likeness (QED) is 0.380. The third-order valence-electron chi connectivity index (χ3n) is 6.78. The number of carbonyl (C=O) groups is 2. The van der Waals surface area contributed by atoms with E-state index in [4.69, 9.17) is 9.47 Å². The number of benzene rings is 3. The van der Waals surface area contributed by atoms with E-state index < -0.39 is 11.8 Å². The molecule has 1 N–H and O–H groups in total. The van der Waals surface area contributed by atoms with Gasteiger partial charge in [0.2, 0.25) is 0 Å². The van der Waals surface area contributed by atoms with Gasteiger partial charge in [-0.1, -0.05) is 0 Å². The lowest BCUT2D eigenvalue weighted by molar-refractivity contribution is -0.136. The Morgan fingerprint density at radius 3 is 2.53 bits per heavy atom. The van der Waals surface area contributed by atoms with Gasteiger partial charge < -0.3 is 19.5 Å². The second-order valence-corrected chi connectivity index (χ2v) is 9.46. The molecule has 1 atom stereocenters. The summed E-state index contributed by atoms with van der Waals surface area (Å²) in [4.78, 5) is 26.9. The normalized spacial score (nSPS) is 14.8. The van der Waals surface area contributed by atoms with E-state index in [0.717, 1.165) is 5.56 Å². The second-order valence-electron chi connectivity index (χ2n) is 9.46. The fourth-order valence-corrected chi connectivity index (χ4v) is 4.94. The van der Waals surface area contributed by atoms with Gasteiger partial charge in [-0.3, -0.25) is 14.2 Å². The zero-order chi connectivity index (χ0) is 27.1. The Balaban J connectivity index is 1.36. The largest absolute Gasteiger partial charge is 0.489 e. The highest BCUT2D eigenvalue weighted by Gasteiger charge is 2.25. The standard InChI is InChI=1S/C29H26F2N2O5/c1-16-10-18(29(36)33-17(2)22(13-28(34)35)23-11-19(30)5-7-24(23)33)4-8-26(16)37-15-21-14-32(3)25-12-20(31)6-9-27(25)38-21/h4-12,21H,13-15H2,1-3H3,(H,34,35)/t21-/m0/s1. The van der Waals surface area contributed by atoms with Gasteiger partial charge in [0.15, 0.2) is 0 Å². The number of aliphatic carboxylic acids is 1. The first-order chi connectivity index (χ1) is 18.1. The zero-order valence-electron chi connectivity index (χ0n) is 21.1. The molecule has 0 amide bonds. The number of nitrogens with zero attached hydrogens (tertiary/aromatic N) is 2. The van der Waals surface area contributed by atoms with Crippen molar-refractivity contribution in [2.45, 2.75) is 26.4 Å². The number of aromatic nitrogens is 1. The average molecular weight is 521 g/mol. The van der Waals surface area contributed by atoms with Crippen LogP contribution in [0.4, 0.5) is 14.5 Å². The summed E-state index contributed by atoms with van der Waals surface area (Å²) in [5, 5.41) is 9.74. The molecule has 1 aliphatic heterocycles. The fourth-order valence-electron chi connectivity index (χ4n) is 4.94. The maximum Gasteiger partial charge on any atom is 0.307 e. The van der Waals surface area contributed by atoms with E-state index in [1.807, 2.05) is 18.9 Å². The lowest BCUT2D eigenvalue weighted by atomic mass is 10.1. The third-order valence-corrected chi connectivity index (χ3v) is 6.78. The van der Waals surface area contributed by atoms with E-state index in [2.05, 4.69) is 0 Å². The predicted molar refractivity (Wildman–Crippen MR) is 138 cm³/mol. The number of halogens is 2. The summed E-state index contributed by atoms with van der Waals surface area (Å²) in [5.41, 5.74) is 3.09. The number of carbonyl (C=O) groups excluding carboxylic acids is 1. The lowest BCUT2D eigenvalue weighted by Crippen LogP contribution is -2.41. The summed E-state index contributed by atoms with van der Waals surface area (Å²) in [6.45, 7) is 4.25. The van der Waals surface area contributed by atoms with Crippen molar-refractivity contribution in [3.63, 3.8) is 0 Å². The Hall–Kier alpha value is -4.40. The van der Waals surface area contributed by atoms with E-state index in [1.54, 1.807) is 31.2 Å². The molecule has 38 heavy (non-hydrogen) atoms. The molecule has 0 saturated carbocycles. The summed E-state index contributed by atoms with van der Waals surface area (Å²) in [5.74, 6) is -1.08. The Labute approximate surface area is 217 Å². The first-order valence-corrected chi connectivity index (χ1v) is 12.1. The third kappa shape index (κ3) is 4.67. The predicted octanol–water partition coefficient (Wildman–Crippen LogP) is 5.13. The molecule has 7 nitrogen and oxygen atoms in total. The molecule has 5 rings (SSSR count). The molecular weight excluding hydrogens is 494 g/mol. The number of carboxylic acids is 1. The fraction of sp³-hybridized carbons (Fsp3) is 0.241. The minimum absolute atomic E-state index is 0.251. The minimum atomic E-state index is -1.06. The maximum absolute atomic E-state index is 14.0. The van der Waals surface area contributed by atoms with Crippen molar-refractivity contribution in [1.82, 2.24) is 4.57 Å². The summed E-state index contributed by atoms with van der Waals surface area (Å²) in [6, 6.07) is 13.4. The molecule has 0 spiro atoms. The van der Waals surface area contributed by atoms with Gasteiger partial charge in [-0.2, -0.15) is 0 Å². The first-order valence-electron chi connectivity index (χ1n) is 12.1. The molecule has 196 valence electrons. The van der Waals surface area contributed by atoms with Crippen LogP contribution in [0.1, 0.15) is 27.2 Å². The Bertz CT molecular complexity index is 1580. The number of hydrogen-bond donors (Lipinski definition) is 1. The maximum atomic E-state index is 14.0. The van der Waals surface area contributed by atoms with E-state index in [1.165, 1.54) is 34.9 Å². The van der Waals surface area contributed by atoms with Gasteiger partial charge in [0, 0.05) is 29.8 Å². The highest BCUT2D eigenvalue weighted by molar-refractivity contribution is 6.04. The van der Waals surface area contributed by atoms with Gasteiger partial charge in [-0.25, -0.2) is 8.78 Å². The Morgan fingerprint density at radius 2 is 1.79 bits per heavy atom. The molecule has 0 saturated heterocycles. The van der Waals surface area contributed by atoms with Gasteiger partial charge in [-0.15, -0.1) is 0 Å². The summed E-state index contributed by atoms with van der Waals surface area (Å²) in [7, 11) is 1.86. The van der Waals surface area contributed by atoms with Gasteiger partial charge in [-0.05, 0) is 73.5 Å². The average Bonchev–Trinajstić information content (AvgIpc) is 3.13. The number of rotatable bonds is 6. The van der Waals surface area contributed by atoms with Crippen LogP contribution >= 0.6 is 0 Å². The summed E-state index contributed by atoms with van der Waals surface area (Å²) < 4.78 is 40.9. The van der Waals surface area contributed by atoms with Crippen molar-refractivity contribution in [2.24, 2.45) is 0 Å². The van der Waals surface area contributed by atoms with Crippen LogP contribution in [0.5, 0.6) is 11.5 Å².